The summed E-state index contributed by atoms with van der Waals surface area (Å²) in [6, 6.07) is 28.2. The van der Waals surface area contributed by atoms with Gasteiger partial charge in [0.25, 0.3) is 11.1 Å². The predicted octanol–water partition coefficient (Wildman–Crippen LogP) is 5.91. The van der Waals surface area contributed by atoms with Gasteiger partial charge in [0.05, 0.1) is 24.2 Å². The molecule has 360 valence electrons. The van der Waals surface area contributed by atoms with Crippen LogP contribution in [0, 0.1) is 35.5 Å². The van der Waals surface area contributed by atoms with E-state index in [1.165, 1.54) is 11.1 Å². The molecule has 10 rings (SSSR count). The molecule has 8 atom stereocenters. The predicted molar refractivity (Wildman–Crippen MR) is 266 cm³/mol. The highest BCUT2D eigenvalue weighted by Crippen LogP contribution is 2.50. The van der Waals surface area contributed by atoms with Crippen molar-refractivity contribution in [2.24, 2.45) is 35.5 Å². The van der Waals surface area contributed by atoms with Crippen molar-refractivity contribution in [1.29, 1.82) is 0 Å². The maximum Gasteiger partial charge on any atom is 0.258 e. The number of fused-ring (bicyclic) bond motifs is 6. The Morgan fingerprint density at radius 2 is 0.926 bits per heavy atom. The van der Waals surface area contributed by atoms with Gasteiger partial charge in [0.2, 0.25) is 11.8 Å². The number of likely N-dealkylation sites (N-methyl/N-ethyl adjacent to an activating group) is 2. The highest BCUT2D eigenvalue weighted by Gasteiger charge is 2.56. The van der Waals surface area contributed by atoms with Crippen LogP contribution in [0.15, 0.2) is 107 Å². The molecular weight excluding hydrogens is 853 g/mol. The first-order valence-corrected chi connectivity index (χ1v) is 25.1. The van der Waals surface area contributed by atoms with E-state index >= 15 is 0 Å². The van der Waals surface area contributed by atoms with Crippen LogP contribution in [0.2, 0.25) is 0 Å². The Hall–Kier alpha value is -5.40. The van der Waals surface area contributed by atoms with Crippen LogP contribution in [0.3, 0.4) is 0 Å². The van der Waals surface area contributed by atoms with Crippen LogP contribution >= 0.6 is 0 Å². The Morgan fingerprint density at radius 1 is 0.559 bits per heavy atom. The molecule has 8 heterocycles. The lowest BCUT2D eigenvalue weighted by Gasteiger charge is -2.37. The van der Waals surface area contributed by atoms with E-state index in [0.29, 0.717) is 36.1 Å². The molecule has 2 aromatic carbocycles. The number of benzene rings is 2. The van der Waals surface area contributed by atoms with Crippen molar-refractivity contribution in [3.63, 3.8) is 0 Å². The van der Waals surface area contributed by atoms with E-state index in [2.05, 4.69) is 58.3 Å². The summed E-state index contributed by atoms with van der Waals surface area (Å²) in [6.45, 7) is 7.94. The maximum absolute atomic E-state index is 13.7. The summed E-state index contributed by atoms with van der Waals surface area (Å²) in [7, 11) is 3.97. The monoisotopic (exact) mass is 923 g/mol. The summed E-state index contributed by atoms with van der Waals surface area (Å²) in [5, 5.41) is 20.7. The fourth-order valence-electron chi connectivity index (χ4n) is 13.1. The molecule has 0 aliphatic carbocycles. The number of nitrogens with zero attached hydrogens (tertiary/aromatic N) is 6. The minimum absolute atomic E-state index is 0.0125. The number of carbonyl (C=O) groups excluding carboxylic acids is 2. The number of aromatic nitrogens is 2. The number of pyridine rings is 2. The molecule has 0 saturated carbocycles. The molecule has 12 heteroatoms. The molecule has 6 aliphatic heterocycles. The average molecular weight is 923 g/mol. The first-order chi connectivity index (χ1) is 33.1. The molecule has 6 aliphatic rings. The van der Waals surface area contributed by atoms with Crippen molar-refractivity contribution >= 4 is 24.0 Å². The number of allylic oxidation sites excluding steroid dienone is 2. The van der Waals surface area contributed by atoms with Crippen LogP contribution < -0.4 is 11.1 Å². The smallest absolute Gasteiger partial charge is 0.258 e. The Labute approximate surface area is 401 Å². The molecule has 0 radical (unpaired) electrons. The molecule has 4 saturated heterocycles. The molecule has 0 spiro atoms. The van der Waals surface area contributed by atoms with Crippen molar-refractivity contribution in [2.75, 3.05) is 53.5 Å². The number of aliphatic hydroxyl groups excluding tert-OH is 2. The van der Waals surface area contributed by atoms with E-state index in [4.69, 9.17) is 0 Å². The number of amides is 2. The SMILES string of the molecule is C/C=C/c1ccc2n(c1=O)C[C@H]1[C@H](CO)[C@@H](C(=O)N3CCC(Cc4ccccc4)CC3)N(C)[C@@H]21.C/C=C\c1ccc2n(c1=O)C[C@H]1[C@H](CO)[C@@H](C(=O)N3CCC(Cc4ccccc4)CC3)N(C)[C@@H]21. The number of rotatable bonds is 10. The molecule has 0 unspecified atom stereocenters. The van der Waals surface area contributed by atoms with Crippen LogP contribution in [0.4, 0.5) is 0 Å². The van der Waals surface area contributed by atoms with Gasteiger partial charge < -0.3 is 29.1 Å². The summed E-state index contributed by atoms with van der Waals surface area (Å²) in [6.07, 6.45) is 13.6. The topological polar surface area (TPSA) is 132 Å². The van der Waals surface area contributed by atoms with Gasteiger partial charge in [-0.2, -0.15) is 0 Å². The number of likely N-dealkylation sites (tertiary alicyclic amines) is 4. The van der Waals surface area contributed by atoms with Gasteiger partial charge in [0.15, 0.2) is 0 Å². The van der Waals surface area contributed by atoms with E-state index in [1.807, 2.05) is 108 Å². The van der Waals surface area contributed by atoms with Crippen molar-refractivity contribution in [3.05, 3.63) is 151 Å². The third-order valence-corrected chi connectivity index (χ3v) is 16.6. The van der Waals surface area contributed by atoms with Gasteiger partial charge >= 0.3 is 0 Å². The van der Waals surface area contributed by atoms with E-state index in [9.17, 15) is 29.4 Å². The number of carbonyl (C=O) groups is 2. The summed E-state index contributed by atoms with van der Waals surface area (Å²) in [4.78, 5) is 61.6. The fraction of sp³-hybridized carbons (Fsp3) is 0.500. The first-order valence-electron chi connectivity index (χ1n) is 25.1. The zero-order valence-corrected chi connectivity index (χ0v) is 40.3. The lowest BCUT2D eigenvalue weighted by molar-refractivity contribution is -0.140. The number of hydrogen-bond acceptors (Lipinski definition) is 8. The van der Waals surface area contributed by atoms with Crippen LogP contribution in [-0.4, -0.2) is 116 Å². The van der Waals surface area contributed by atoms with E-state index in [0.717, 1.165) is 76.1 Å². The molecule has 2 amide bonds. The highest BCUT2D eigenvalue weighted by molar-refractivity contribution is 5.83. The summed E-state index contributed by atoms with van der Waals surface area (Å²) >= 11 is 0. The zero-order chi connectivity index (χ0) is 47.6. The van der Waals surface area contributed by atoms with Crippen LogP contribution in [0.1, 0.15) is 85.3 Å². The first kappa shape index (κ1) is 47.7. The van der Waals surface area contributed by atoms with Crippen LogP contribution in [0.25, 0.3) is 12.2 Å². The minimum atomic E-state index is -0.343. The molecule has 68 heavy (non-hydrogen) atoms. The van der Waals surface area contributed by atoms with Crippen LogP contribution in [0.5, 0.6) is 0 Å². The second-order valence-corrected chi connectivity index (χ2v) is 20.3. The van der Waals surface area contributed by atoms with Gasteiger partial charge in [0, 0.05) is 98.7 Å². The number of aliphatic hydroxyl groups is 2. The van der Waals surface area contributed by atoms with Gasteiger partial charge in [-0.1, -0.05) is 85.0 Å². The Kier molecular flexibility index (Phi) is 14.5. The lowest BCUT2D eigenvalue weighted by atomic mass is 9.86. The van der Waals surface area contributed by atoms with Gasteiger partial charge in [-0.3, -0.25) is 29.0 Å². The molecule has 0 bridgehead atoms. The molecule has 2 aromatic heterocycles. The average Bonchev–Trinajstić information content (AvgIpc) is 4.09. The molecule has 4 aromatic rings. The second kappa shape index (κ2) is 20.7. The molecule has 4 fully saturated rings. The Morgan fingerprint density at radius 3 is 1.26 bits per heavy atom. The summed E-state index contributed by atoms with van der Waals surface area (Å²) in [5.41, 5.74) is 6.03. The van der Waals surface area contributed by atoms with Crippen LogP contribution in [-0.2, 0) is 35.5 Å². The van der Waals surface area contributed by atoms with Crippen molar-refractivity contribution in [1.82, 2.24) is 28.7 Å². The van der Waals surface area contributed by atoms with Crippen molar-refractivity contribution < 1.29 is 19.8 Å². The van der Waals surface area contributed by atoms with Gasteiger partial charge in [-0.25, -0.2) is 0 Å². The standard InChI is InChI=1S/2C28H35N3O3/c2*1-3-7-21-10-11-24-25-22(17-31(24)27(21)33)23(18-32)26(29(25)2)28(34)30-14-12-20(13-15-30)16-19-8-5-4-6-9-19/h2*3-11,20,22-23,25-26,32H,12-18H2,1-2H3/b7-3+;7-3-/t2*22-,23-,25+,26-/m00/s1. The van der Waals surface area contributed by atoms with E-state index < -0.39 is 0 Å². The zero-order valence-electron chi connectivity index (χ0n) is 40.3. The third kappa shape index (κ3) is 9.01. The van der Waals surface area contributed by atoms with Crippen molar-refractivity contribution in [2.45, 2.75) is 89.6 Å². The second-order valence-electron chi connectivity index (χ2n) is 20.3. The normalized spacial score (nSPS) is 27.3. The highest BCUT2D eigenvalue weighted by atomic mass is 16.3. The van der Waals surface area contributed by atoms with E-state index in [1.54, 1.807) is 0 Å². The largest absolute Gasteiger partial charge is 0.396 e. The third-order valence-electron chi connectivity index (χ3n) is 16.6. The van der Waals surface area contributed by atoms with Gasteiger partial charge in [0.1, 0.15) is 0 Å². The van der Waals surface area contributed by atoms with Crippen molar-refractivity contribution in [3.8, 4) is 0 Å². The fourth-order valence-corrected chi connectivity index (χ4v) is 13.1. The number of hydrogen-bond donors (Lipinski definition) is 2. The minimum Gasteiger partial charge on any atom is -0.396 e. The van der Waals surface area contributed by atoms with Gasteiger partial charge in [-0.05, 0) is 114 Å². The quantitative estimate of drug-likeness (QED) is 0.201. The maximum atomic E-state index is 13.7. The summed E-state index contributed by atoms with van der Waals surface area (Å²) in [5.74, 6) is 1.25. The summed E-state index contributed by atoms with van der Waals surface area (Å²) < 4.78 is 3.69. The Bertz CT molecular complexity index is 2410. The molecule has 12 nitrogen and oxygen atoms in total. The molecular formula is C56H70N6O6. The van der Waals surface area contributed by atoms with E-state index in [-0.39, 0.29) is 84.0 Å². The number of piperidine rings is 2. The van der Waals surface area contributed by atoms with Gasteiger partial charge in [-0.15, -0.1) is 0 Å². The molecule has 2 N–H and O–H groups in total. The Balaban J connectivity index is 0.000000170. The lowest BCUT2D eigenvalue weighted by Crippen LogP contribution is -2.51.